The number of hydrogen-bond acceptors (Lipinski definition) is 7. The molecule has 0 unspecified atom stereocenters. The molecule has 0 aliphatic rings. The van der Waals surface area contributed by atoms with Crippen molar-refractivity contribution in [1.29, 1.82) is 0 Å². The van der Waals surface area contributed by atoms with Crippen LogP contribution in [0.4, 0.5) is 11.8 Å². The molecule has 1 aromatic heterocycles. The minimum atomic E-state index is -0.0144. The van der Waals surface area contributed by atoms with E-state index in [0.29, 0.717) is 53.5 Å². The highest BCUT2D eigenvalue weighted by Crippen LogP contribution is 2.29. The van der Waals surface area contributed by atoms with Gasteiger partial charge in [0.1, 0.15) is 5.75 Å². The third kappa shape index (κ3) is 7.78. The molecule has 2 aromatic rings. The number of aliphatic imine (C=N–C) groups is 1. The number of nitrogens with one attached hydrogen (secondary N) is 1. The van der Waals surface area contributed by atoms with E-state index >= 15 is 0 Å². The standard InChI is InChI=1S/C21H30ClN5O3/c1-15(2)27(16(3)4)14-25-21-24-13-19(30-18-7-5-17(22)6-8-18)20(26-21)23-9-11-29-12-10-28/h5-8,13-16,28H,9-12H2,1-4H3,(H,23,24,26)/b25-14+. The second-order valence-electron chi connectivity index (χ2n) is 7.08. The molecule has 1 heterocycles. The molecular weight excluding hydrogens is 406 g/mol. The molecule has 164 valence electrons. The van der Waals surface area contributed by atoms with Gasteiger partial charge in [0.25, 0.3) is 5.95 Å². The summed E-state index contributed by atoms with van der Waals surface area (Å²) in [4.78, 5) is 15.4. The maximum absolute atomic E-state index is 8.81. The number of benzene rings is 1. The fraction of sp³-hybridized carbons (Fsp3) is 0.476. The van der Waals surface area contributed by atoms with Gasteiger partial charge in [-0.3, -0.25) is 0 Å². The first-order chi connectivity index (χ1) is 14.4. The van der Waals surface area contributed by atoms with E-state index in [0.717, 1.165) is 0 Å². The van der Waals surface area contributed by atoms with Gasteiger partial charge in [-0.2, -0.15) is 4.98 Å². The van der Waals surface area contributed by atoms with Crippen molar-refractivity contribution in [3.63, 3.8) is 0 Å². The van der Waals surface area contributed by atoms with Gasteiger partial charge in [-0.05, 0) is 52.0 Å². The van der Waals surface area contributed by atoms with Crippen LogP contribution in [0.15, 0.2) is 35.5 Å². The van der Waals surface area contributed by atoms with E-state index in [1.807, 2.05) is 0 Å². The van der Waals surface area contributed by atoms with E-state index in [9.17, 15) is 0 Å². The molecule has 0 aliphatic heterocycles. The van der Waals surface area contributed by atoms with Gasteiger partial charge in [0.15, 0.2) is 11.6 Å². The van der Waals surface area contributed by atoms with Crippen LogP contribution >= 0.6 is 11.6 Å². The maximum atomic E-state index is 8.81. The molecule has 1 aromatic carbocycles. The fourth-order valence-corrected chi connectivity index (χ4v) is 2.77. The van der Waals surface area contributed by atoms with Crippen LogP contribution in [0.2, 0.25) is 5.02 Å². The fourth-order valence-electron chi connectivity index (χ4n) is 2.64. The smallest absolute Gasteiger partial charge is 0.252 e. The minimum absolute atomic E-state index is 0.0144. The zero-order chi connectivity index (χ0) is 21.9. The van der Waals surface area contributed by atoms with Crippen LogP contribution in [0.1, 0.15) is 27.7 Å². The molecule has 2 rings (SSSR count). The average molecular weight is 436 g/mol. The lowest BCUT2D eigenvalue weighted by molar-refractivity contribution is 0.0991. The van der Waals surface area contributed by atoms with Crippen LogP contribution in [0, 0.1) is 0 Å². The first-order valence-electron chi connectivity index (χ1n) is 9.95. The Bertz CT molecular complexity index is 792. The van der Waals surface area contributed by atoms with E-state index in [2.05, 4.69) is 52.9 Å². The van der Waals surface area contributed by atoms with E-state index in [1.54, 1.807) is 36.8 Å². The zero-order valence-corrected chi connectivity index (χ0v) is 18.6. The molecule has 0 fully saturated rings. The third-order valence-electron chi connectivity index (χ3n) is 4.06. The van der Waals surface area contributed by atoms with E-state index in [-0.39, 0.29) is 13.2 Å². The van der Waals surface area contributed by atoms with Crippen LogP contribution in [0.3, 0.4) is 0 Å². The molecule has 9 heteroatoms. The molecule has 8 nitrogen and oxygen atoms in total. The SMILES string of the molecule is CC(C)N(/C=N/c1ncc(Oc2ccc(Cl)cc2)c(NCCOCCO)n1)C(C)C. The Balaban J connectivity index is 2.19. The van der Waals surface area contributed by atoms with Crippen LogP contribution in [-0.4, -0.2) is 64.8 Å². The summed E-state index contributed by atoms with van der Waals surface area (Å²) >= 11 is 5.94. The van der Waals surface area contributed by atoms with E-state index in [4.69, 9.17) is 26.2 Å². The number of aromatic nitrogens is 2. The summed E-state index contributed by atoms with van der Waals surface area (Å²) in [6.45, 7) is 9.60. The molecule has 0 radical (unpaired) electrons. The number of ether oxygens (including phenoxy) is 2. The summed E-state index contributed by atoms with van der Waals surface area (Å²) in [7, 11) is 0. The predicted molar refractivity (Wildman–Crippen MR) is 120 cm³/mol. The summed E-state index contributed by atoms with van der Waals surface area (Å²) < 4.78 is 11.2. The Morgan fingerprint density at radius 3 is 2.50 bits per heavy atom. The second-order valence-corrected chi connectivity index (χ2v) is 7.52. The normalized spacial score (nSPS) is 11.5. The van der Waals surface area contributed by atoms with E-state index in [1.165, 1.54) is 0 Å². The highest BCUT2D eigenvalue weighted by molar-refractivity contribution is 6.30. The molecular formula is C21H30ClN5O3. The zero-order valence-electron chi connectivity index (χ0n) is 17.9. The Morgan fingerprint density at radius 1 is 1.17 bits per heavy atom. The van der Waals surface area contributed by atoms with Crippen LogP contribution < -0.4 is 10.1 Å². The van der Waals surface area contributed by atoms with Gasteiger partial charge in [0.05, 0.1) is 32.4 Å². The number of hydrogen-bond donors (Lipinski definition) is 2. The van der Waals surface area contributed by atoms with Gasteiger partial charge in [0, 0.05) is 23.7 Å². The molecule has 0 saturated heterocycles. The molecule has 30 heavy (non-hydrogen) atoms. The lowest BCUT2D eigenvalue weighted by Crippen LogP contribution is -2.35. The van der Waals surface area contributed by atoms with Gasteiger partial charge >= 0.3 is 0 Å². The summed E-state index contributed by atoms with van der Waals surface area (Å²) in [6, 6.07) is 7.65. The van der Waals surface area contributed by atoms with Crippen molar-refractivity contribution in [3.8, 4) is 11.5 Å². The summed E-state index contributed by atoms with van der Waals surface area (Å²) in [5.74, 6) is 1.90. The quantitative estimate of drug-likeness (QED) is 0.294. The average Bonchev–Trinajstić information content (AvgIpc) is 2.70. The minimum Gasteiger partial charge on any atom is -0.452 e. The van der Waals surface area contributed by atoms with Crippen LogP contribution in [0.25, 0.3) is 0 Å². The molecule has 0 spiro atoms. The van der Waals surface area contributed by atoms with Crippen LogP contribution in [0.5, 0.6) is 11.5 Å². The van der Waals surface area contributed by atoms with Gasteiger partial charge in [0.2, 0.25) is 0 Å². The van der Waals surface area contributed by atoms with Crippen LogP contribution in [-0.2, 0) is 4.74 Å². The van der Waals surface area contributed by atoms with Crippen molar-refractivity contribution in [2.24, 2.45) is 4.99 Å². The molecule has 0 amide bonds. The summed E-state index contributed by atoms with van der Waals surface area (Å²) in [6.07, 6.45) is 3.35. The summed E-state index contributed by atoms with van der Waals surface area (Å²) in [5.41, 5.74) is 0. The lowest BCUT2D eigenvalue weighted by atomic mass is 10.2. The van der Waals surface area contributed by atoms with Crippen molar-refractivity contribution < 1.29 is 14.6 Å². The number of halogens is 1. The van der Waals surface area contributed by atoms with Gasteiger partial charge in [-0.25, -0.2) is 9.98 Å². The lowest BCUT2D eigenvalue weighted by Gasteiger charge is -2.27. The Hall–Kier alpha value is -2.42. The highest BCUT2D eigenvalue weighted by atomic mass is 35.5. The number of aliphatic hydroxyl groups excluding tert-OH is 1. The number of aliphatic hydroxyl groups is 1. The Morgan fingerprint density at radius 2 is 1.87 bits per heavy atom. The second kappa shape index (κ2) is 12.3. The Kier molecular flexibility index (Phi) is 9.79. The maximum Gasteiger partial charge on any atom is 0.252 e. The Labute approximate surface area is 182 Å². The topological polar surface area (TPSA) is 92.1 Å². The molecule has 0 saturated carbocycles. The molecule has 0 aliphatic carbocycles. The first kappa shape index (κ1) is 23.9. The van der Waals surface area contributed by atoms with E-state index < -0.39 is 0 Å². The molecule has 2 N–H and O–H groups in total. The van der Waals surface area contributed by atoms with Gasteiger partial charge in [-0.15, -0.1) is 0 Å². The largest absolute Gasteiger partial charge is 0.452 e. The van der Waals surface area contributed by atoms with Crippen molar-refractivity contribution in [2.45, 2.75) is 39.8 Å². The highest BCUT2D eigenvalue weighted by Gasteiger charge is 2.12. The van der Waals surface area contributed by atoms with Crippen molar-refractivity contribution in [1.82, 2.24) is 14.9 Å². The monoisotopic (exact) mass is 435 g/mol. The van der Waals surface area contributed by atoms with Gasteiger partial charge in [-0.1, -0.05) is 11.6 Å². The van der Waals surface area contributed by atoms with Crippen molar-refractivity contribution in [3.05, 3.63) is 35.5 Å². The summed E-state index contributed by atoms with van der Waals surface area (Å²) in [5, 5.41) is 12.6. The van der Waals surface area contributed by atoms with Crippen molar-refractivity contribution >= 4 is 29.7 Å². The number of anilines is 1. The number of nitrogens with zero attached hydrogens (tertiary/aromatic N) is 4. The van der Waals surface area contributed by atoms with Gasteiger partial charge < -0.3 is 24.8 Å². The number of rotatable bonds is 12. The molecule has 0 bridgehead atoms. The predicted octanol–water partition coefficient (Wildman–Crippen LogP) is 4.12. The van der Waals surface area contributed by atoms with Crippen molar-refractivity contribution in [2.75, 3.05) is 31.7 Å². The first-order valence-corrected chi connectivity index (χ1v) is 10.3. The third-order valence-corrected chi connectivity index (χ3v) is 4.31. The molecule has 0 atom stereocenters.